The van der Waals surface area contributed by atoms with Crippen LogP contribution >= 0.6 is 0 Å². The smallest absolute Gasteiger partial charge is 0.167 e. The van der Waals surface area contributed by atoms with E-state index in [4.69, 9.17) is 9.47 Å². The van der Waals surface area contributed by atoms with Gasteiger partial charge in [0.2, 0.25) is 0 Å². The SMILES string of the molecule is CCCCCC/C=C/[C@H](CC(=O)c1ccc(OC)cc1OC)c1ccccc1. The van der Waals surface area contributed by atoms with Gasteiger partial charge in [-0.1, -0.05) is 68.7 Å². The molecule has 2 aromatic rings. The molecule has 0 heterocycles. The first-order valence-corrected chi connectivity index (χ1v) is 10.2. The van der Waals surface area contributed by atoms with Crippen LogP contribution in [0.4, 0.5) is 0 Å². The molecule has 0 bridgehead atoms. The van der Waals surface area contributed by atoms with Gasteiger partial charge in [-0.25, -0.2) is 0 Å². The fourth-order valence-electron chi connectivity index (χ4n) is 3.29. The van der Waals surface area contributed by atoms with Crippen molar-refractivity contribution in [3.63, 3.8) is 0 Å². The quantitative estimate of drug-likeness (QED) is 0.237. The summed E-state index contributed by atoms with van der Waals surface area (Å²) in [5, 5.41) is 0. The zero-order chi connectivity index (χ0) is 20.2. The van der Waals surface area contributed by atoms with E-state index in [9.17, 15) is 4.79 Å². The average molecular weight is 381 g/mol. The van der Waals surface area contributed by atoms with Gasteiger partial charge >= 0.3 is 0 Å². The predicted molar refractivity (Wildman–Crippen MR) is 116 cm³/mol. The lowest BCUT2D eigenvalue weighted by molar-refractivity contribution is 0.0975. The molecule has 0 aliphatic heterocycles. The highest BCUT2D eigenvalue weighted by atomic mass is 16.5. The van der Waals surface area contributed by atoms with Gasteiger partial charge in [-0.3, -0.25) is 4.79 Å². The number of allylic oxidation sites excluding steroid dienone is 2. The molecule has 0 spiro atoms. The molecule has 3 heteroatoms. The molecule has 2 rings (SSSR count). The van der Waals surface area contributed by atoms with Gasteiger partial charge in [0.05, 0.1) is 19.8 Å². The third kappa shape index (κ3) is 6.56. The van der Waals surface area contributed by atoms with Crippen LogP contribution in [-0.4, -0.2) is 20.0 Å². The van der Waals surface area contributed by atoms with Crippen LogP contribution in [0, 0.1) is 0 Å². The topological polar surface area (TPSA) is 35.5 Å². The van der Waals surface area contributed by atoms with E-state index in [2.05, 4.69) is 31.2 Å². The van der Waals surface area contributed by atoms with Crippen LogP contribution in [0.15, 0.2) is 60.7 Å². The van der Waals surface area contributed by atoms with Crippen molar-refractivity contribution in [2.45, 2.75) is 51.4 Å². The van der Waals surface area contributed by atoms with Crippen molar-refractivity contribution in [3.8, 4) is 11.5 Å². The summed E-state index contributed by atoms with van der Waals surface area (Å²) in [6.07, 6.45) is 10.9. The molecule has 28 heavy (non-hydrogen) atoms. The monoisotopic (exact) mass is 380 g/mol. The van der Waals surface area contributed by atoms with Crippen LogP contribution < -0.4 is 9.47 Å². The number of carbonyl (C=O) groups is 1. The molecule has 0 saturated heterocycles. The van der Waals surface area contributed by atoms with Crippen molar-refractivity contribution in [3.05, 3.63) is 71.8 Å². The molecule has 150 valence electrons. The second-order valence-electron chi connectivity index (χ2n) is 6.99. The average Bonchev–Trinajstić information content (AvgIpc) is 2.75. The number of Topliss-reactive ketones (excluding diaryl/α,β-unsaturated/α-hetero) is 1. The first-order chi connectivity index (χ1) is 13.7. The van der Waals surface area contributed by atoms with Crippen LogP contribution in [0.3, 0.4) is 0 Å². The molecule has 0 amide bonds. The number of ketones is 1. The maximum absolute atomic E-state index is 13.0. The lowest BCUT2D eigenvalue weighted by atomic mass is 9.90. The molecule has 0 N–H and O–H groups in total. The second-order valence-corrected chi connectivity index (χ2v) is 6.99. The number of benzene rings is 2. The van der Waals surface area contributed by atoms with Crippen LogP contribution in [-0.2, 0) is 0 Å². The van der Waals surface area contributed by atoms with E-state index in [-0.39, 0.29) is 11.7 Å². The van der Waals surface area contributed by atoms with Gasteiger partial charge in [-0.2, -0.15) is 0 Å². The van der Waals surface area contributed by atoms with Gasteiger partial charge in [0.25, 0.3) is 0 Å². The van der Waals surface area contributed by atoms with Crippen LogP contribution in [0.1, 0.15) is 67.3 Å². The van der Waals surface area contributed by atoms with Crippen molar-refractivity contribution in [1.29, 1.82) is 0 Å². The first-order valence-electron chi connectivity index (χ1n) is 10.2. The largest absolute Gasteiger partial charge is 0.497 e. The van der Waals surface area contributed by atoms with E-state index in [0.29, 0.717) is 23.5 Å². The molecule has 2 aromatic carbocycles. The summed E-state index contributed by atoms with van der Waals surface area (Å²) in [5.41, 5.74) is 1.76. The Labute approximate surface area is 169 Å². The molecule has 0 radical (unpaired) electrons. The minimum Gasteiger partial charge on any atom is -0.497 e. The Morgan fingerprint density at radius 2 is 1.79 bits per heavy atom. The van der Waals surface area contributed by atoms with E-state index >= 15 is 0 Å². The summed E-state index contributed by atoms with van der Waals surface area (Å²) in [7, 11) is 3.18. The Bertz CT molecular complexity index is 750. The van der Waals surface area contributed by atoms with Crippen molar-refractivity contribution < 1.29 is 14.3 Å². The molecule has 0 fully saturated rings. The maximum atomic E-state index is 13.0. The summed E-state index contributed by atoms with van der Waals surface area (Å²) in [4.78, 5) is 13.0. The molecule has 1 atom stereocenters. The van der Waals surface area contributed by atoms with E-state index in [1.54, 1.807) is 32.4 Å². The third-order valence-electron chi connectivity index (χ3n) is 4.93. The Kier molecular flexibility index (Phi) is 9.33. The lowest BCUT2D eigenvalue weighted by Gasteiger charge is -2.15. The van der Waals surface area contributed by atoms with Crippen molar-refractivity contribution in [2.24, 2.45) is 0 Å². The summed E-state index contributed by atoms with van der Waals surface area (Å²) in [5.74, 6) is 1.37. The number of rotatable bonds is 12. The standard InChI is InChI=1S/C25H32O3/c1-4-5-6-7-8-10-15-21(20-13-11-9-12-14-20)18-24(26)23-17-16-22(27-2)19-25(23)28-3/h9-17,19,21H,4-8,18H2,1-3H3/b15-10+/t21-/m1/s1. The van der Waals surface area contributed by atoms with Crippen LogP contribution in [0.5, 0.6) is 11.5 Å². The Balaban J connectivity index is 2.13. The fourth-order valence-corrected chi connectivity index (χ4v) is 3.29. The lowest BCUT2D eigenvalue weighted by Crippen LogP contribution is -2.08. The van der Waals surface area contributed by atoms with E-state index < -0.39 is 0 Å². The van der Waals surface area contributed by atoms with Crippen LogP contribution in [0.25, 0.3) is 0 Å². The summed E-state index contributed by atoms with van der Waals surface area (Å²) < 4.78 is 10.6. The number of carbonyl (C=O) groups excluding carboxylic acids is 1. The van der Waals surface area contributed by atoms with E-state index in [1.807, 2.05) is 18.2 Å². The van der Waals surface area contributed by atoms with Gasteiger partial charge in [0, 0.05) is 18.4 Å². The summed E-state index contributed by atoms with van der Waals surface area (Å²) in [6, 6.07) is 15.6. The highest BCUT2D eigenvalue weighted by Crippen LogP contribution is 2.29. The predicted octanol–water partition coefficient (Wildman–Crippen LogP) is 6.59. The Morgan fingerprint density at radius 1 is 1.00 bits per heavy atom. The second kappa shape index (κ2) is 12.0. The minimum absolute atomic E-state index is 0.0617. The summed E-state index contributed by atoms with van der Waals surface area (Å²) in [6.45, 7) is 2.22. The number of hydrogen-bond acceptors (Lipinski definition) is 3. The molecule has 3 nitrogen and oxygen atoms in total. The molecular weight excluding hydrogens is 348 g/mol. The molecule has 0 unspecified atom stereocenters. The number of ether oxygens (including phenoxy) is 2. The normalized spacial score (nSPS) is 12.1. The number of unbranched alkanes of at least 4 members (excludes halogenated alkanes) is 4. The Morgan fingerprint density at radius 3 is 2.46 bits per heavy atom. The van der Waals surface area contributed by atoms with Crippen LogP contribution in [0.2, 0.25) is 0 Å². The molecule has 0 aliphatic carbocycles. The van der Waals surface area contributed by atoms with E-state index in [1.165, 1.54) is 25.7 Å². The first kappa shape index (κ1) is 21.7. The zero-order valence-corrected chi connectivity index (χ0v) is 17.3. The van der Waals surface area contributed by atoms with Crippen molar-refractivity contribution >= 4 is 5.78 Å². The Hall–Kier alpha value is -2.55. The number of hydrogen-bond donors (Lipinski definition) is 0. The van der Waals surface area contributed by atoms with Gasteiger partial charge < -0.3 is 9.47 Å². The fraction of sp³-hybridized carbons (Fsp3) is 0.400. The van der Waals surface area contributed by atoms with Gasteiger partial charge in [-0.05, 0) is 30.5 Å². The maximum Gasteiger partial charge on any atom is 0.167 e. The van der Waals surface area contributed by atoms with E-state index in [0.717, 1.165) is 12.0 Å². The zero-order valence-electron chi connectivity index (χ0n) is 17.3. The van der Waals surface area contributed by atoms with Gasteiger partial charge in [0.15, 0.2) is 5.78 Å². The highest BCUT2D eigenvalue weighted by Gasteiger charge is 2.18. The van der Waals surface area contributed by atoms with Gasteiger partial charge in [-0.15, -0.1) is 0 Å². The third-order valence-corrected chi connectivity index (χ3v) is 4.93. The molecular formula is C25H32O3. The highest BCUT2D eigenvalue weighted by molar-refractivity contribution is 5.99. The van der Waals surface area contributed by atoms with Crippen molar-refractivity contribution in [2.75, 3.05) is 14.2 Å². The minimum atomic E-state index is 0.0617. The van der Waals surface area contributed by atoms with Gasteiger partial charge in [0.1, 0.15) is 11.5 Å². The molecule has 0 aromatic heterocycles. The molecule has 0 aliphatic rings. The number of methoxy groups -OCH3 is 2. The summed E-state index contributed by atoms with van der Waals surface area (Å²) >= 11 is 0. The van der Waals surface area contributed by atoms with Crippen molar-refractivity contribution in [1.82, 2.24) is 0 Å². The molecule has 0 saturated carbocycles.